The van der Waals surface area contributed by atoms with Crippen molar-refractivity contribution in [3.8, 4) is 0 Å². The molecule has 0 aromatic heterocycles. The Hall–Kier alpha value is -1.54. The number of ether oxygens (including phenoxy) is 2. The first-order chi connectivity index (χ1) is 11.5. The van der Waals surface area contributed by atoms with Crippen LogP contribution in [0.15, 0.2) is 38.9 Å². The standard InChI is InChI=1S/C16H20Br2N2O4/c1-3-23-15(21)7-5-6-14(16(22)24-4-2)20-19-13-9-11(17)8-12(18)10-13/h6,8-10,19-20H,3-5,7H2,1-2H3/b14-6+. The number of anilines is 1. The Morgan fingerprint density at radius 1 is 1.08 bits per heavy atom. The van der Waals surface area contributed by atoms with Crippen molar-refractivity contribution < 1.29 is 19.1 Å². The predicted octanol–water partition coefficient (Wildman–Crippen LogP) is 3.92. The van der Waals surface area contributed by atoms with Gasteiger partial charge < -0.3 is 14.9 Å². The maximum Gasteiger partial charge on any atom is 0.355 e. The van der Waals surface area contributed by atoms with Gasteiger partial charge in [-0.2, -0.15) is 0 Å². The molecule has 1 rings (SSSR count). The Bertz CT molecular complexity index is 585. The highest BCUT2D eigenvalue weighted by Crippen LogP contribution is 2.22. The number of rotatable bonds is 9. The fraction of sp³-hybridized carbons (Fsp3) is 0.375. The Morgan fingerprint density at radius 3 is 2.29 bits per heavy atom. The van der Waals surface area contributed by atoms with Crippen LogP contribution in [0.3, 0.4) is 0 Å². The third-order valence-electron chi connectivity index (χ3n) is 2.70. The zero-order valence-electron chi connectivity index (χ0n) is 13.5. The predicted molar refractivity (Wildman–Crippen MR) is 99.2 cm³/mol. The molecule has 2 N–H and O–H groups in total. The van der Waals surface area contributed by atoms with Gasteiger partial charge in [-0.3, -0.25) is 10.2 Å². The second-order valence-corrected chi connectivity index (χ2v) is 6.42. The number of hydrazine groups is 1. The van der Waals surface area contributed by atoms with Gasteiger partial charge in [-0.05, 0) is 38.5 Å². The van der Waals surface area contributed by atoms with E-state index in [1.807, 2.05) is 18.2 Å². The molecule has 0 aliphatic heterocycles. The number of carbonyl (C=O) groups excluding carboxylic acids is 2. The Balaban J connectivity index is 2.71. The van der Waals surface area contributed by atoms with Crippen LogP contribution in [0.2, 0.25) is 0 Å². The summed E-state index contributed by atoms with van der Waals surface area (Å²) in [5, 5.41) is 0. The van der Waals surface area contributed by atoms with Gasteiger partial charge >= 0.3 is 11.9 Å². The molecule has 0 amide bonds. The van der Waals surface area contributed by atoms with E-state index < -0.39 is 5.97 Å². The van der Waals surface area contributed by atoms with Gasteiger partial charge in [0.15, 0.2) is 0 Å². The van der Waals surface area contributed by atoms with Crippen LogP contribution in [-0.2, 0) is 19.1 Å². The second-order valence-electron chi connectivity index (χ2n) is 4.59. The van der Waals surface area contributed by atoms with Gasteiger partial charge in [0.2, 0.25) is 0 Å². The van der Waals surface area contributed by atoms with Crippen molar-refractivity contribution in [1.29, 1.82) is 0 Å². The monoisotopic (exact) mass is 462 g/mol. The summed E-state index contributed by atoms with van der Waals surface area (Å²) in [6.07, 6.45) is 2.17. The van der Waals surface area contributed by atoms with E-state index in [0.29, 0.717) is 13.0 Å². The van der Waals surface area contributed by atoms with Gasteiger partial charge in [0, 0.05) is 15.4 Å². The molecule has 132 valence electrons. The van der Waals surface area contributed by atoms with Gasteiger partial charge in [-0.25, -0.2) is 4.79 Å². The maximum atomic E-state index is 12.0. The minimum absolute atomic E-state index is 0.195. The number of halogens is 2. The molecule has 0 radical (unpaired) electrons. The minimum atomic E-state index is -0.497. The number of nitrogens with one attached hydrogen (secondary N) is 2. The highest BCUT2D eigenvalue weighted by atomic mass is 79.9. The van der Waals surface area contributed by atoms with Gasteiger partial charge in [0.25, 0.3) is 0 Å². The van der Waals surface area contributed by atoms with Crippen LogP contribution in [0.4, 0.5) is 5.69 Å². The lowest BCUT2D eigenvalue weighted by atomic mass is 10.2. The van der Waals surface area contributed by atoms with E-state index in [1.165, 1.54) is 0 Å². The number of benzene rings is 1. The molecule has 8 heteroatoms. The van der Waals surface area contributed by atoms with Gasteiger partial charge in [0.1, 0.15) is 5.70 Å². The van der Waals surface area contributed by atoms with Crippen molar-refractivity contribution in [2.45, 2.75) is 26.7 Å². The third-order valence-corrected chi connectivity index (χ3v) is 3.62. The number of carbonyl (C=O) groups is 2. The number of allylic oxidation sites excluding steroid dienone is 1. The zero-order valence-corrected chi connectivity index (χ0v) is 16.7. The van der Waals surface area contributed by atoms with Crippen molar-refractivity contribution in [1.82, 2.24) is 5.43 Å². The van der Waals surface area contributed by atoms with Gasteiger partial charge in [-0.15, -0.1) is 0 Å². The molecule has 1 aromatic carbocycles. The molecule has 0 atom stereocenters. The summed E-state index contributed by atoms with van der Waals surface area (Å²) in [5.41, 5.74) is 6.74. The van der Waals surface area contributed by atoms with Crippen LogP contribution in [0.1, 0.15) is 26.7 Å². The van der Waals surface area contributed by atoms with E-state index in [9.17, 15) is 9.59 Å². The molecule has 0 heterocycles. The number of hydrogen-bond donors (Lipinski definition) is 2. The molecule has 6 nitrogen and oxygen atoms in total. The first-order valence-corrected chi connectivity index (χ1v) is 9.05. The van der Waals surface area contributed by atoms with Gasteiger partial charge in [-0.1, -0.05) is 37.9 Å². The van der Waals surface area contributed by atoms with Crippen LogP contribution >= 0.6 is 31.9 Å². The van der Waals surface area contributed by atoms with E-state index in [-0.39, 0.29) is 24.7 Å². The van der Waals surface area contributed by atoms with Crippen molar-refractivity contribution in [3.63, 3.8) is 0 Å². The van der Waals surface area contributed by atoms with E-state index in [4.69, 9.17) is 9.47 Å². The fourth-order valence-corrected chi connectivity index (χ4v) is 3.02. The van der Waals surface area contributed by atoms with E-state index in [2.05, 4.69) is 42.7 Å². The van der Waals surface area contributed by atoms with E-state index >= 15 is 0 Å². The molecule has 0 unspecified atom stereocenters. The highest BCUT2D eigenvalue weighted by molar-refractivity contribution is 9.11. The van der Waals surface area contributed by atoms with Crippen molar-refractivity contribution in [2.24, 2.45) is 0 Å². The normalized spacial score (nSPS) is 10.9. The second kappa shape index (κ2) is 11.1. The molecule has 0 saturated carbocycles. The smallest absolute Gasteiger partial charge is 0.355 e. The van der Waals surface area contributed by atoms with Crippen molar-refractivity contribution in [3.05, 3.63) is 38.9 Å². The first kappa shape index (κ1) is 20.5. The summed E-state index contributed by atoms with van der Waals surface area (Å²) in [5.74, 6) is -0.802. The summed E-state index contributed by atoms with van der Waals surface area (Å²) in [6, 6.07) is 5.59. The Kier molecular flexibility index (Phi) is 9.48. The number of esters is 2. The molecule has 0 spiro atoms. The summed E-state index contributed by atoms with van der Waals surface area (Å²) in [6.45, 7) is 4.08. The molecular weight excluding hydrogens is 444 g/mol. The maximum absolute atomic E-state index is 12.0. The fourth-order valence-electron chi connectivity index (χ4n) is 1.73. The minimum Gasteiger partial charge on any atom is -0.466 e. The summed E-state index contributed by atoms with van der Waals surface area (Å²) in [4.78, 5) is 23.3. The molecule has 0 aliphatic carbocycles. The molecule has 0 aliphatic rings. The average Bonchev–Trinajstić information content (AvgIpc) is 2.50. The largest absolute Gasteiger partial charge is 0.466 e. The first-order valence-electron chi connectivity index (χ1n) is 7.47. The summed E-state index contributed by atoms with van der Waals surface area (Å²) in [7, 11) is 0. The average molecular weight is 464 g/mol. The Labute approximate surface area is 158 Å². The Morgan fingerprint density at radius 2 is 1.71 bits per heavy atom. The molecule has 24 heavy (non-hydrogen) atoms. The lowest BCUT2D eigenvalue weighted by Crippen LogP contribution is -2.27. The quantitative estimate of drug-likeness (QED) is 0.328. The zero-order chi connectivity index (χ0) is 17.9. The summed E-state index contributed by atoms with van der Waals surface area (Å²) < 4.78 is 11.6. The topological polar surface area (TPSA) is 76.7 Å². The molecule has 0 bridgehead atoms. The van der Waals surface area contributed by atoms with Crippen molar-refractivity contribution in [2.75, 3.05) is 18.6 Å². The lowest BCUT2D eigenvalue weighted by Gasteiger charge is -2.13. The summed E-state index contributed by atoms with van der Waals surface area (Å²) >= 11 is 6.78. The van der Waals surface area contributed by atoms with Gasteiger partial charge in [0.05, 0.1) is 18.9 Å². The van der Waals surface area contributed by atoms with Crippen LogP contribution < -0.4 is 10.9 Å². The van der Waals surface area contributed by atoms with Crippen LogP contribution in [0.25, 0.3) is 0 Å². The molecule has 0 saturated heterocycles. The van der Waals surface area contributed by atoms with E-state index in [0.717, 1.165) is 14.6 Å². The van der Waals surface area contributed by atoms with Crippen LogP contribution in [-0.4, -0.2) is 25.2 Å². The molecular formula is C16H20Br2N2O4. The molecule has 1 aromatic rings. The lowest BCUT2D eigenvalue weighted by molar-refractivity contribution is -0.143. The highest BCUT2D eigenvalue weighted by Gasteiger charge is 2.11. The molecule has 0 fully saturated rings. The van der Waals surface area contributed by atoms with Crippen molar-refractivity contribution >= 4 is 49.5 Å². The third kappa shape index (κ3) is 7.83. The number of hydrogen-bond acceptors (Lipinski definition) is 6. The van der Waals surface area contributed by atoms with Crippen LogP contribution in [0, 0.1) is 0 Å². The van der Waals surface area contributed by atoms with E-state index in [1.54, 1.807) is 19.9 Å². The SMILES string of the molecule is CCOC(=O)CC/C=C(/NNc1cc(Br)cc(Br)c1)C(=O)OCC. The van der Waals surface area contributed by atoms with Crippen LogP contribution in [0.5, 0.6) is 0 Å².